The molecule has 2 aliphatic rings. The molecule has 1 heterocycles. The molecule has 7 nitrogen and oxygen atoms in total. The van der Waals surface area contributed by atoms with E-state index in [1.165, 1.54) is 21.3 Å². The molecule has 33 heavy (non-hydrogen) atoms. The van der Waals surface area contributed by atoms with Crippen LogP contribution in [0.1, 0.15) is 53.6 Å². The maximum atomic E-state index is 13.0. The van der Waals surface area contributed by atoms with Crippen LogP contribution in [0.25, 0.3) is 6.08 Å². The van der Waals surface area contributed by atoms with Crippen molar-refractivity contribution in [3.63, 3.8) is 0 Å². The first-order valence-electron chi connectivity index (χ1n) is 11.1. The minimum atomic E-state index is -0.255. The SMILES string of the molecule is COc1cc(OC)c(OC)cc1/C=C1\Oc2c(ccc(OC(=O)C3CCCCC3)c2C)C1=O. The highest BCUT2D eigenvalue weighted by Gasteiger charge is 2.32. The summed E-state index contributed by atoms with van der Waals surface area (Å²) in [6.07, 6.45) is 6.59. The maximum absolute atomic E-state index is 13.0. The fourth-order valence-corrected chi connectivity index (χ4v) is 4.32. The lowest BCUT2D eigenvalue weighted by Gasteiger charge is -2.20. The van der Waals surface area contributed by atoms with Gasteiger partial charge in [0.1, 0.15) is 17.2 Å². The van der Waals surface area contributed by atoms with Gasteiger partial charge in [-0.05, 0) is 44.0 Å². The molecule has 0 unspecified atom stereocenters. The Bertz CT molecular complexity index is 1110. The molecule has 174 valence electrons. The monoisotopic (exact) mass is 452 g/mol. The molecule has 1 aliphatic carbocycles. The molecule has 2 aromatic rings. The Hall–Kier alpha value is -3.48. The summed E-state index contributed by atoms with van der Waals surface area (Å²) in [6.45, 7) is 1.79. The average Bonchev–Trinajstić information content (AvgIpc) is 3.16. The maximum Gasteiger partial charge on any atom is 0.314 e. The van der Waals surface area contributed by atoms with Gasteiger partial charge in [0, 0.05) is 17.2 Å². The molecule has 0 amide bonds. The van der Waals surface area contributed by atoms with Gasteiger partial charge < -0.3 is 23.7 Å². The predicted octanol–water partition coefficient (Wildman–Crippen LogP) is 5.12. The topological polar surface area (TPSA) is 80.3 Å². The Labute approximate surface area is 193 Å². The zero-order valence-electron chi connectivity index (χ0n) is 19.4. The molecular formula is C26H28O7. The van der Waals surface area contributed by atoms with Crippen molar-refractivity contribution in [1.82, 2.24) is 0 Å². The fraction of sp³-hybridized carbons (Fsp3) is 0.385. The van der Waals surface area contributed by atoms with E-state index >= 15 is 0 Å². The minimum Gasteiger partial charge on any atom is -0.496 e. The van der Waals surface area contributed by atoms with Gasteiger partial charge in [0.2, 0.25) is 5.78 Å². The molecule has 0 atom stereocenters. The summed E-state index contributed by atoms with van der Waals surface area (Å²) in [6, 6.07) is 6.71. The third kappa shape index (κ3) is 4.40. The van der Waals surface area contributed by atoms with Crippen LogP contribution >= 0.6 is 0 Å². The number of ketones is 1. The van der Waals surface area contributed by atoms with Crippen molar-refractivity contribution in [3.05, 3.63) is 46.7 Å². The number of hydrogen-bond donors (Lipinski definition) is 0. The summed E-state index contributed by atoms with van der Waals surface area (Å²) in [4.78, 5) is 25.6. The van der Waals surface area contributed by atoms with Crippen molar-refractivity contribution >= 4 is 17.8 Å². The van der Waals surface area contributed by atoms with Crippen LogP contribution in [0, 0.1) is 12.8 Å². The zero-order chi connectivity index (χ0) is 23.5. The number of Topliss-reactive ketones (excluding diaryl/α,β-unsaturated/α-hetero) is 1. The van der Waals surface area contributed by atoms with Crippen molar-refractivity contribution < 1.29 is 33.3 Å². The van der Waals surface area contributed by atoms with E-state index in [0.717, 1.165) is 32.1 Å². The highest BCUT2D eigenvalue weighted by Crippen LogP contribution is 2.41. The lowest BCUT2D eigenvalue weighted by atomic mass is 9.89. The molecule has 4 rings (SSSR count). The van der Waals surface area contributed by atoms with Crippen LogP contribution in [-0.2, 0) is 4.79 Å². The highest BCUT2D eigenvalue weighted by atomic mass is 16.5. The van der Waals surface area contributed by atoms with E-state index in [1.807, 2.05) is 0 Å². The number of rotatable bonds is 6. The quantitative estimate of drug-likeness (QED) is 0.342. The van der Waals surface area contributed by atoms with Gasteiger partial charge in [-0.2, -0.15) is 0 Å². The predicted molar refractivity (Wildman–Crippen MR) is 122 cm³/mol. The first kappa shape index (κ1) is 22.7. The van der Waals surface area contributed by atoms with E-state index in [0.29, 0.717) is 45.4 Å². The van der Waals surface area contributed by atoms with E-state index in [9.17, 15) is 9.59 Å². The van der Waals surface area contributed by atoms with Crippen LogP contribution in [-0.4, -0.2) is 33.1 Å². The van der Waals surface area contributed by atoms with Gasteiger partial charge in [0.25, 0.3) is 0 Å². The number of carbonyl (C=O) groups is 2. The number of carbonyl (C=O) groups excluding carboxylic acids is 2. The third-order valence-electron chi connectivity index (χ3n) is 6.21. The van der Waals surface area contributed by atoms with Crippen molar-refractivity contribution in [3.8, 4) is 28.7 Å². The molecule has 0 N–H and O–H groups in total. The highest BCUT2D eigenvalue weighted by molar-refractivity contribution is 6.15. The fourth-order valence-electron chi connectivity index (χ4n) is 4.32. The first-order chi connectivity index (χ1) is 16.0. The Kier molecular flexibility index (Phi) is 6.58. The summed E-state index contributed by atoms with van der Waals surface area (Å²) < 4.78 is 27.8. The van der Waals surface area contributed by atoms with Crippen LogP contribution < -0.4 is 23.7 Å². The van der Waals surface area contributed by atoms with Crippen molar-refractivity contribution in [2.75, 3.05) is 21.3 Å². The van der Waals surface area contributed by atoms with Gasteiger partial charge in [-0.3, -0.25) is 9.59 Å². The molecule has 7 heteroatoms. The second kappa shape index (κ2) is 9.57. The summed E-state index contributed by atoms with van der Waals surface area (Å²) in [5.74, 6) is 1.95. The van der Waals surface area contributed by atoms with Crippen LogP contribution in [0.15, 0.2) is 30.0 Å². The molecule has 0 aromatic heterocycles. The summed E-state index contributed by atoms with van der Waals surface area (Å²) in [5.41, 5.74) is 1.65. The van der Waals surface area contributed by atoms with Gasteiger partial charge in [-0.25, -0.2) is 0 Å². The van der Waals surface area contributed by atoms with Crippen LogP contribution in [0.2, 0.25) is 0 Å². The minimum absolute atomic E-state index is 0.0677. The van der Waals surface area contributed by atoms with Gasteiger partial charge in [0.05, 0.1) is 32.8 Å². The second-order valence-corrected chi connectivity index (χ2v) is 8.21. The first-order valence-corrected chi connectivity index (χ1v) is 11.1. The van der Waals surface area contributed by atoms with Crippen molar-refractivity contribution in [2.24, 2.45) is 5.92 Å². The Balaban J connectivity index is 1.62. The summed E-state index contributed by atoms with van der Waals surface area (Å²) in [7, 11) is 4.61. The van der Waals surface area contributed by atoms with E-state index in [1.54, 1.807) is 37.3 Å². The molecule has 0 radical (unpaired) electrons. The molecule has 0 saturated heterocycles. The number of benzene rings is 2. The molecular weight excluding hydrogens is 424 g/mol. The molecule has 1 aliphatic heterocycles. The summed E-state index contributed by atoms with van der Waals surface area (Å²) in [5, 5.41) is 0. The average molecular weight is 453 g/mol. The van der Waals surface area contributed by atoms with E-state index in [-0.39, 0.29) is 23.4 Å². The number of ether oxygens (including phenoxy) is 5. The van der Waals surface area contributed by atoms with E-state index < -0.39 is 0 Å². The van der Waals surface area contributed by atoms with Gasteiger partial charge in [-0.15, -0.1) is 0 Å². The Morgan fingerprint density at radius 3 is 2.27 bits per heavy atom. The number of methoxy groups -OCH3 is 3. The normalized spacial score (nSPS) is 16.8. The standard InChI is InChI=1S/C26H28O7/c1-15-19(33-26(28)16-8-6-5-7-9-16)11-10-18-24(27)23(32-25(15)18)13-17-12-21(30-3)22(31-4)14-20(17)29-2/h10-14,16H,5-9H2,1-4H3/b23-13-. The largest absolute Gasteiger partial charge is 0.496 e. The number of hydrogen-bond acceptors (Lipinski definition) is 7. The van der Waals surface area contributed by atoms with Crippen LogP contribution in [0.4, 0.5) is 0 Å². The van der Waals surface area contributed by atoms with Crippen molar-refractivity contribution in [2.45, 2.75) is 39.0 Å². The molecule has 2 aromatic carbocycles. The van der Waals surface area contributed by atoms with Gasteiger partial charge in [-0.1, -0.05) is 19.3 Å². The number of fused-ring (bicyclic) bond motifs is 1. The van der Waals surface area contributed by atoms with Crippen LogP contribution in [0.5, 0.6) is 28.7 Å². The molecule has 0 bridgehead atoms. The lowest BCUT2D eigenvalue weighted by Crippen LogP contribution is -2.23. The van der Waals surface area contributed by atoms with E-state index in [4.69, 9.17) is 23.7 Å². The van der Waals surface area contributed by atoms with Gasteiger partial charge in [0.15, 0.2) is 17.3 Å². The molecule has 1 saturated carbocycles. The lowest BCUT2D eigenvalue weighted by molar-refractivity contribution is -0.140. The molecule has 1 fully saturated rings. The number of allylic oxidation sites excluding steroid dienone is 1. The number of esters is 1. The molecule has 0 spiro atoms. The third-order valence-corrected chi connectivity index (χ3v) is 6.21. The van der Waals surface area contributed by atoms with E-state index in [2.05, 4.69) is 0 Å². The van der Waals surface area contributed by atoms with Gasteiger partial charge >= 0.3 is 5.97 Å². The smallest absolute Gasteiger partial charge is 0.314 e. The van der Waals surface area contributed by atoms with Crippen molar-refractivity contribution in [1.29, 1.82) is 0 Å². The zero-order valence-corrected chi connectivity index (χ0v) is 19.4. The summed E-state index contributed by atoms with van der Waals surface area (Å²) >= 11 is 0. The Morgan fingerprint density at radius 2 is 1.61 bits per heavy atom. The van der Waals surface area contributed by atoms with Crippen LogP contribution in [0.3, 0.4) is 0 Å². The Morgan fingerprint density at radius 1 is 0.939 bits per heavy atom. The second-order valence-electron chi connectivity index (χ2n) is 8.21.